The topological polar surface area (TPSA) is 110 Å². The second-order valence-corrected chi connectivity index (χ2v) is 7.62. The molecule has 10 heteroatoms. The first-order chi connectivity index (χ1) is 13.0. The van der Waals surface area contributed by atoms with Crippen molar-refractivity contribution in [1.82, 2.24) is 25.1 Å². The molecule has 3 N–H and O–H groups in total. The van der Waals surface area contributed by atoms with Crippen LogP contribution in [0.3, 0.4) is 0 Å². The summed E-state index contributed by atoms with van der Waals surface area (Å²) in [4.78, 5) is 22.3. The molecule has 2 amide bonds. The fourth-order valence-electron chi connectivity index (χ4n) is 2.91. The molecule has 0 aliphatic carbocycles. The minimum atomic E-state index is -1.22. The van der Waals surface area contributed by atoms with Crippen LogP contribution in [0, 0.1) is 6.92 Å². The van der Waals surface area contributed by atoms with Crippen molar-refractivity contribution < 1.29 is 9.18 Å². The first-order valence-corrected chi connectivity index (χ1v) is 9.34. The van der Waals surface area contributed by atoms with Gasteiger partial charge in [-0.25, -0.2) is 19.2 Å². The number of aromatic nitrogens is 4. The molecule has 1 aliphatic heterocycles. The number of nitrogens with one attached hydrogen (secondary N) is 1. The predicted molar refractivity (Wildman–Crippen MR) is 101 cm³/mol. The molecule has 1 aliphatic rings. The summed E-state index contributed by atoms with van der Waals surface area (Å²) in [5, 5.41) is 13.3. The van der Waals surface area contributed by atoms with E-state index in [0.29, 0.717) is 18.5 Å². The number of rotatable bonds is 2. The number of aryl methyl sites for hydroxylation is 1. The minimum Gasteiger partial charge on any atom is -0.325 e. The third kappa shape index (κ3) is 3.71. The van der Waals surface area contributed by atoms with E-state index in [4.69, 9.17) is 5.73 Å². The Balaban J connectivity index is 1.54. The molecule has 0 radical (unpaired) electrons. The van der Waals surface area contributed by atoms with Crippen molar-refractivity contribution in [3.05, 3.63) is 29.4 Å². The zero-order chi connectivity index (χ0) is 19.0. The van der Waals surface area contributed by atoms with Gasteiger partial charge < -0.3 is 10.6 Å². The Labute approximate surface area is 158 Å². The van der Waals surface area contributed by atoms with Crippen molar-refractivity contribution in [2.24, 2.45) is 5.73 Å². The summed E-state index contributed by atoms with van der Waals surface area (Å²) in [6.07, 6.45) is 0.842. The van der Waals surface area contributed by atoms with E-state index in [-0.39, 0.29) is 12.5 Å². The van der Waals surface area contributed by atoms with E-state index in [1.165, 1.54) is 16.2 Å². The molecule has 27 heavy (non-hydrogen) atoms. The Morgan fingerprint density at radius 1 is 1.41 bits per heavy atom. The number of carbonyl (C=O) groups is 1. The zero-order valence-electron chi connectivity index (χ0n) is 14.6. The van der Waals surface area contributed by atoms with Gasteiger partial charge in [0.05, 0.1) is 12.1 Å². The fourth-order valence-corrected chi connectivity index (χ4v) is 3.60. The van der Waals surface area contributed by atoms with E-state index in [0.717, 1.165) is 21.0 Å². The molecule has 1 saturated heterocycles. The van der Waals surface area contributed by atoms with Crippen LogP contribution in [0.15, 0.2) is 24.4 Å². The lowest BCUT2D eigenvalue weighted by Gasteiger charge is -2.32. The first kappa shape index (κ1) is 17.7. The highest BCUT2D eigenvalue weighted by Crippen LogP contribution is 2.26. The van der Waals surface area contributed by atoms with E-state index in [2.05, 4.69) is 25.5 Å². The van der Waals surface area contributed by atoms with Gasteiger partial charge in [-0.15, -0.1) is 10.2 Å². The lowest BCUT2D eigenvalue weighted by atomic mass is 10.0. The molecule has 140 valence electrons. The summed E-state index contributed by atoms with van der Waals surface area (Å²) in [6, 6.07) is 4.76. The van der Waals surface area contributed by atoms with Gasteiger partial charge in [0.1, 0.15) is 16.2 Å². The van der Waals surface area contributed by atoms with Crippen molar-refractivity contribution in [2.75, 3.05) is 18.4 Å². The highest BCUT2D eigenvalue weighted by molar-refractivity contribution is 7.14. The Hall–Kier alpha value is -2.72. The van der Waals surface area contributed by atoms with Crippen LogP contribution in [0.5, 0.6) is 0 Å². The van der Waals surface area contributed by atoms with Crippen LogP contribution < -0.4 is 11.1 Å². The molecule has 3 aromatic rings. The minimum absolute atomic E-state index is 0.0267. The van der Waals surface area contributed by atoms with Gasteiger partial charge in [0.15, 0.2) is 0 Å². The highest BCUT2D eigenvalue weighted by atomic mass is 32.1. The SMILES string of the molecule is Cc1nnc(-c2ccc3cnc(NC(=O)N4CC[C@H](N)[C@H](F)C4)nc3c2)s1. The number of hydrogen-bond acceptors (Lipinski definition) is 7. The number of urea groups is 1. The largest absolute Gasteiger partial charge is 0.325 e. The molecule has 2 atom stereocenters. The summed E-state index contributed by atoms with van der Waals surface area (Å²) in [7, 11) is 0. The molecule has 0 saturated carbocycles. The lowest BCUT2D eigenvalue weighted by Crippen LogP contribution is -2.51. The van der Waals surface area contributed by atoms with Gasteiger partial charge in [0.25, 0.3) is 0 Å². The average molecular weight is 387 g/mol. The van der Waals surface area contributed by atoms with Crippen LogP contribution in [-0.2, 0) is 0 Å². The van der Waals surface area contributed by atoms with Gasteiger partial charge in [-0.1, -0.05) is 23.5 Å². The molecular weight excluding hydrogens is 369 g/mol. The van der Waals surface area contributed by atoms with Crippen LogP contribution in [0.25, 0.3) is 21.5 Å². The molecule has 3 heterocycles. The molecular formula is C17H18FN7OS. The van der Waals surface area contributed by atoms with Gasteiger partial charge in [0, 0.05) is 29.7 Å². The van der Waals surface area contributed by atoms with Gasteiger partial charge in [0.2, 0.25) is 5.95 Å². The second-order valence-electron chi connectivity index (χ2n) is 6.44. The third-order valence-corrected chi connectivity index (χ3v) is 5.34. The average Bonchev–Trinajstić information content (AvgIpc) is 3.09. The molecule has 1 aromatic carbocycles. The summed E-state index contributed by atoms with van der Waals surface area (Å²) in [5.74, 6) is 0.170. The zero-order valence-corrected chi connectivity index (χ0v) is 15.4. The van der Waals surface area contributed by atoms with Crippen molar-refractivity contribution >= 4 is 34.2 Å². The fraction of sp³-hybridized carbons (Fsp3) is 0.353. The number of carbonyl (C=O) groups excluding carboxylic acids is 1. The van der Waals surface area contributed by atoms with Crippen molar-refractivity contribution in [3.63, 3.8) is 0 Å². The normalized spacial score (nSPS) is 20.0. The smallest absolute Gasteiger partial charge is 0.324 e. The standard InChI is InChI=1S/C17H18FN7OS/c1-9-23-24-15(27-9)10-2-3-11-7-20-16(21-14(11)6-10)22-17(26)25-5-4-13(19)12(18)8-25/h2-3,6-7,12-13H,4-5,8,19H2,1H3,(H,20,21,22,26)/t12-,13+/m1/s1. The van der Waals surface area contributed by atoms with E-state index in [9.17, 15) is 9.18 Å². The van der Waals surface area contributed by atoms with E-state index in [1.807, 2.05) is 25.1 Å². The molecule has 2 aromatic heterocycles. The van der Waals surface area contributed by atoms with E-state index < -0.39 is 18.2 Å². The Kier molecular flexibility index (Phi) is 4.66. The van der Waals surface area contributed by atoms with Gasteiger partial charge in [-0.2, -0.15) is 0 Å². The maximum absolute atomic E-state index is 13.8. The monoisotopic (exact) mass is 387 g/mol. The summed E-state index contributed by atoms with van der Waals surface area (Å²) in [5.41, 5.74) is 7.23. The molecule has 1 fully saturated rings. The van der Waals surface area contributed by atoms with E-state index >= 15 is 0 Å². The summed E-state index contributed by atoms with van der Waals surface area (Å²) >= 11 is 1.50. The number of amides is 2. The van der Waals surface area contributed by atoms with Gasteiger partial charge in [-0.05, 0) is 19.4 Å². The Bertz CT molecular complexity index is 994. The number of likely N-dealkylation sites (tertiary alicyclic amines) is 1. The van der Waals surface area contributed by atoms with Crippen LogP contribution in [0.4, 0.5) is 15.1 Å². The number of nitrogens with two attached hydrogens (primary N) is 1. The lowest BCUT2D eigenvalue weighted by molar-refractivity contribution is 0.137. The first-order valence-electron chi connectivity index (χ1n) is 8.52. The maximum atomic E-state index is 13.8. The molecule has 4 rings (SSSR count). The number of halogens is 1. The Morgan fingerprint density at radius 2 is 2.26 bits per heavy atom. The summed E-state index contributed by atoms with van der Waals surface area (Å²) < 4.78 is 13.8. The number of fused-ring (bicyclic) bond motifs is 1. The van der Waals surface area contributed by atoms with Crippen LogP contribution >= 0.6 is 11.3 Å². The van der Waals surface area contributed by atoms with Crippen LogP contribution in [-0.4, -0.2) is 56.4 Å². The third-order valence-electron chi connectivity index (χ3n) is 4.45. The maximum Gasteiger partial charge on any atom is 0.324 e. The van der Waals surface area contributed by atoms with Gasteiger partial charge in [-0.3, -0.25) is 5.32 Å². The number of nitrogens with zero attached hydrogens (tertiary/aromatic N) is 5. The van der Waals surface area contributed by atoms with Crippen LogP contribution in [0.2, 0.25) is 0 Å². The molecule has 0 unspecified atom stereocenters. The number of hydrogen-bond donors (Lipinski definition) is 2. The number of piperidine rings is 1. The number of anilines is 1. The predicted octanol–water partition coefficient (Wildman–Crippen LogP) is 2.36. The van der Waals surface area contributed by atoms with E-state index in [1.54, 1.807) is 6.20 Å². The summed E-state index contributed by atoms with van der Waals surface area (Å²) in [6.45, 7) is 2.27. The van der Waals surface area contributed by atoms with Crippen molar-refractivity contribution in [2.45, 2.75) is 25.6 Å². The molecule has 8 nitrogen and oxygen atoms in total. The quantitative estimate of drug-likeness (QED) is 0.698. The van der Waals surface area contributed by atoms with Crippen LogP contribution in [0.1, 0.15) is 11.4 Å². The molecule has 0 bridgehead atoms. The van der Waals surface area contributed by atoms with Crippen molar-refractivity contribution in [1.29, 1.82) is 0 Å². The highest BCUT2D eigenvalue weighted by Gasteiger charge is 2.29. The Morgan fingerprint density at radius 3 is 3.00 bits per heavy atom. The number of alkyl halides is 1. The second kappa shape index (κ2) is 7.12. The van der Waals surface area contributed by atoms with Gasteiger partial charge >= 0.3 is 6.03 Å². The molecule has 0 spiro atoms. The van der Waals surface area contributed by atoms with Crippen molar-refractivity contribution in [3.8, 4) is 10.6 Å². The number of benzene rings is 1.